The number of benzene rings is 1. The van der Waals surface area contributed by atoms with Gasteiger partial charge in [-0.1, -0.05) is 30.3 Å². The molecular weight excluding hydrogens is 495 g/mol. The Morgan fingerprint density at radius 1 is 1.18 bits per heavy atom. The predicted octanol–water partition coefficient (Wildman–Crippen LogP) is 1.66. The topological polar surface area (TPSA) is 133 Å². The maximum Gasteiger partial charge on any atom is 0.407 e. The predicted molar refractivity (Wildman–Crippen MR) is 118 cm³/mol. The number of carbonyl (C=O) groups excluding carboxylic acids is 1. The Hall–Kier alpha value is -2.17. The minimum Gasteiger partial charge on any atom is -0.336 e. The molecule has 0 aromatic heterocycles. The Morgan fingerprint density at radius 3 is 2.26 bits per heavy atom. The second kappa shape index (κ2) is 9.83. The second-order valence-electron chi connectivity index (χ2n) is 8.96. The average molecular weight is 522 g/mol. The Bertz CT molecular complexity index is 1130. The highest BCUT2D eigenvalue weighted by molar-refractivity contribution is 7.91. The van der Waals surface area contributed by atoms with Crippen molar-refractivity contribution in [2.24, 2.45) is 5.92 Å². The van der Waals surface area contributed by atoms with Gasteiger partial charge in [-0.3, -0.25) is 10.1 Å². The van der Waals surface area contributed by atoms with Gasteiger partial charge in [-0.25, -0.2) is 16.8 Å². The van der Waals surface area contributed by atoms with Crippen LogP contribution in [0.4, 0.5) is 13.2 Å². The van der Waals surface area contributed by atoms with Crippen molar-refractivity contribution < 1.29 is 34.8 Å². The average Bonchev–Trinajstić information content (AvgIpc) is 3.55. The van der Waals surface area contributed by atoms with Gasteiger partial charge in [0.15, 0.2) is 19.7 Å². The summed E-state index contributed by atoms with van der Waals surface area (Å²) in [6, 6.07) is 4.45. The van der Waals surface area contributed by atoms with Gasteiger partial charge in [-0.05, 0) is 37.2 Å². The molecule has 2 aliphatic rings. The molecule has 3 rings (SSSR count). The van der Waals surface area contributed by atoms with Crippen LogP contribution in [-0.4, -0.2) is 63.5 Å². The lowest BCUT2D eigenvalue weighted by atomic mass is 9.93. The summed E-state index contributed by atoms with van der Waals surface area (Å²) in [5, 5.41) is 14.1. The van der Waals surface area contributed by atoms with Gasteiger partial charge in [0.25, 0.3) is 0 Å². The van der Waals surface area contributed by atoms with Crippen molar-refractivity contribution in [1.29, 1.82) is 5.26 Å². The fourth-order valence-electron chi connectivity index (χ4n) is 3.87. The van der Waals surface area contributed by atoms with E-state index in [9.17, 15) is 40.1 Å². The normalized spacial score (nSPS) is 21.7. The summed E-state index contributed by atoms with van der Waals surface area (Å²) in [6.07, 6.45) is -3.91. The van der Waals surface area contributed by atoms with Gasteiger partial charge in [0.1, 0.15) is 17.6 Å². The number of nitriles is 1. The first-order valence-electron chi connectivity index (χ1n) is 10.8. The zero-order chi connectivity index (χ0) is 25.2. The second-order valence-corrected chi connectivity index (χ2v) is 13.4. The molecule has 13 heteroatoms. The van der Waals surface area contributed by atoms with E-state index in [-0.39, 0.29) is 41.6 Å². The van der Waals surface area contributed by atoms with Crippen LogP contribution in [-0.2, 0) is 24.5 Å². The number of nitrogens with one attached hydrogen (secondary N) is 2. The molecule has 8 nitrogen and oxygen atoms in total. The monoisotopic (exact) mass is 521 g/mol. The fourth-order valence-corrected chi connectivity index (χ4v) is 7.33. The van der Waals surface area contributed by atoms with Crippen molar-refractivity contribution >= 4 is 25.6 Å². The van der Waals surface area contributed by atoms with E-state index >= 15 is 0 Å². The van der Waals surface area contributed by atoms with Gasteiger partial charge in [0, 0.05) is 0 Å². The summed E-state index contributed by atoms with van der Waals surface area (Å²) >= 11 is 0. The van der Waals surface area contributed by atoms with Crippen LogP contribution in [0.2, 0.25) is 0 Å². The molecule has 188 valence electrons. The van der Waals surface area contributed by atoms with E-state index in [2.05, 4.69) is 10.6 Å². The van der Waals surface area contributed by atoms with E-state index in [1.165, 1.54) is 30.3 Å². The van der Waals surface area contributed by atoms with Crippen molar-refractivity contribution in [2.45, 2.75) is 49.5 Å². The molecule has 2 N–H and O–H groups in total. The van der Waals surface area contributed by atoms with Crippen LogP contribution in [0, 0.1) is 17.2 Å². The van der Waals surface area contributed by atoms with Gasteiger partial charge in [-0.2, -0.15) is 18.4 Å². The van der Waals surface area contributed by atoms with Gasteiger partial charge in [-0.15, -0.1) is 0 Å². The third-order valence-corrected chi connectivity index (χ3v) is 9.48. The third kappa shape index (κ3) is 7.16. The van der Waals surface area contributed by atoms with Gasteiger partial charge >= 0.3 is 6.18 Å². The lowest BCUT2D eigenvalue weighted by Gasteiger charge is -2.34. The van der Waals surface area contributed by atoms with Crippen LogP contribution in [0.25, 0.3) is 0 Å². The molecule has 0 unspecified atom stereocenters. The van der Waals surface area contributed by atoms with Crippen LogP contribution in [0.15, 0.2) is 30.3 Å². The molecule has 0 radical (unpaired) electrons. The molecule has 1 heterocycles. The highest BCUT2D eigenvalue weighted by Gasteiger charge is 2.46. The molecular formula is C21H26F3N3O5S2. The van der Waals surface area contributed by atoms with Crippen LogP contribution < -0.4 is 10.6 Å². The fraction of sp³-hybridized carbons (Fsp3) is 0.619. The Balaban J connectivity index is 1.88. The molecule has 0 bridgehead atoms. The summed E-state index contributed by atoms with van der Waals surface area (Å²) in [6.45, 7) is 0. The van der Waals surface area contributed by atoms with E-state index < -0.39 is 55.1 Å². The Morgan fingerprint density at radius 2 is 1.76 bits per heavy atom. The van der Waals surface area contributed by atoms with Crippen LogP contribution in [0.5, 0.6) is 0 Å². The highest BCUT2D eigenvalue weighted by atomic mass is 32.2. The molecule has 1 aliphatic heterocycles. The summed E-state index contributed by atoms with van der Waals surface area (Å²) < 4.78 is 90.5. The summed E-state index contributed by atoms with van der Waals surface area (Å²) in [7, 11) is -7.28. The van der Waals surface area contributed by atoms with E-state index in [4.69, 9.17) is 0 Å². The number of alkyl halides is 3. The number of hydrogen-bond donors (Lipinski definition) is 2. The number of rotatable bonds is 9. The molecule has 1 amide bonds. The standard InChI is InChI=1S/C21H26F3N3O5S2/c22-21(23,24)18(16-4-2-1-3-5-16)26-17(13-34(31,32)12-15-6-7-15)19(28)27-20(14-25)8-10-33(29,30)11-9-20/h1-5,15,17-18,26H,6-13H2,(H,27,28)/t17-,18-/m0/s1. The molecule has 34 heavy (non-hydrogen) atoms. The minimum atomic E-state index is -4.84. The quantitative estimate of drug-likeness (QED) is 0.505. The molecule has 1 aromatic carbocycles. The van der Waals surface area contributed by atoms with Crippen LogP contribution >= 0.6 is 0 Å². The molecule has 0 spiro atoms. The lowest BCUT2D eigenvalue weighted by Crippen LogP contribution is -2.59. The SMILES string of the molecule is N#CC1(NC(=O)[C@H](CS(=O)(=O)CC2CC2)N[C@@H](c2ccccc2)C(F)(F)F)CCS(=O)(=O)CC1. The Kier molecular flexibility index (Phi) is 7.64. The molecule has 1 aromatic rings. The molecule has 2 fully saturated rings. The van der Waals surface area contributed by atoms with Crippen LogP contribution in [0.3, 0.4) is 0 Å². The van der Waals surface area contributed by atoms with Crippen molar-refractivity contribution in [3.8, 4) is 6.07 Å². The number of sulfone groups is 2. The van der Waals surface area contributed by atoms with E-state index in [1.807, 2.05) is 6.07 Å². The van der Waals surface area contributed by atoms with Crippen molar-refractivity contribution in [1.82, 2.24) is 10.6 Å². The molecule has 1 aliphatic carbocycles. The number of carbonyl (C=O) groups is 1. The zero-order valence-corrected chi connectivity index (χ0v) is 19.8. The van der Waals surface area contributed by atoms with Crippen molar-refractivity contribution in [2.75, 3.05) is 23.0 Å². The van der Waals surface area contributed by atoms with Crippen molar-refractivity contribution in [3.05, 3.63) is 35.9 Å². The van der Waals surface area contributed by atoms with E-state index in [0.717, 1.165) is 0 Å². The van der Waals surface area contributed by atoms with Gasteiger partial charge < -0.3 is 5.32 Å². The number of amides is 1. The maximum atomic E-state index is 13.9. The first kappa shape index (κ1) is 26.4. The maximum absolute atomic E-state index is 13.9. The molecule has 2 atom stereocenters. The summed E-state index contributed by atoms with van der Waals surface area (Å²) in [4.78, 5) is 13.1. The first-order chi connectivity index (χ1) is 15.7. The smallest absolute Gasteiger partial charge is 0.336 e. The Labute approximate surface area is 196 Å². The number of nitrogens with zero attached hydrogens (tertiary/aromatic N) is 1. The summed E-state index contributed by atoms with van der Waals surface area (Å²) in [5.74, 6) is -3.01. The van der Waals surface area contributed by atoms with Gasteiger partial charge in [0.05, 0.1) is 29.1 Å². The van der Waals surface area contributed by atoms with E-state index in [1.54, 1.807) is 0 Å². The molecule has 1 saturated carbocycles. The van der Waals surface area contributed by atoms with Crippen LogP contribution in [0.1, 0.15) is 37.3 Å². The third-order valence-electron chi connectivity index (χ3n) is 6.01. The zero-order valence-electron chi connectivity index (χ0n) is 18.2. The summed E-state index contributed by atoms with van der Waals surface area (Å²) in [5.41, 5.74) is -1.81. The number of halogens is 3. The van der Waals surface area contributed by atoms with Crippen molar-refractivity contribution in [3.63, 3.8) is 0 Å². The lowest BCUT2D eigenvalue weighted by molar-refractivity contribution is -0.160. The van der Waals surface area contributed by atoms with Gasteiger partial charge in [0.2, 0.25) is 5.91 Å². The first-order valence-corrected chi connectivity index (χ1v) is 14.4. The van der Waals surface area contributed by atoms with E-state index in [0.29, 0.717) is 12.8 Å². The highest BCUT2D eigenvalue weighted by Crippen LogP contribution is 2.34. The number of hydrogen-bond acceptors (Lipinski definition) is 7. The minimum absolute atomic E-state index is 0.0738. The largest absolute Gasteiger partial charge is 0.407 e. The molecule has 1 saturated heterocycles.